The Kier molecular flexibility index (Phi) is 8.77. The Bertz CT molecular complexity index is 1490. The number of rotatable bonds is 7. The molecule has 10 atom stereocenters. The molecule has 2 fully saturated rings. The van der Waals surface area contributed by atoms with Crippen molar-refractivity contribution in [3.05, 3.63) is 46.6 Å². The second kappa shape index (κ2) is 12.2. The van der Waals surface area contributed by atoms with E-state index in [1.807, 2.05) is 0 Å². The average Bonchev–Trinajstić information content (AvgIpc) is 2.99. The Morgan fingerprint density at radius 3 is 1.77 bits per heavy atom. The van der Waals surface area contributed by atoms with E-state index in [2.05, 4.69) is 0 Å². The van der Waals surface area contributed by atoms with Crippen molar-refractivity contribution in [1.29, 1.82) is 0 Å². The van der Waals surface area contributed by atoms with Gasteiger partial charge in [-0.3, -0.25) is 4.79 Å². The highest BCUT2D eigenvalue weighted by Gasteiger charge is 2.47. The summed E-state index contributed by atoms with van der Waals surface area (Å²) in [6, 6.07) is 7.71. The Morgan fingerprint density at radius 1 is 0.698 bits per heavy atom. The molecule has 0 bridgehead atoms. The Labute approximate surface area is 241 Å². The van der Waals surface area contributed by atoms with Crippen LogP contribution >= 0.6 is 0 Å². The van der Waals surface area contributed by atoms with Crippen LogP contribution in [-0.2, 0) is 9.47 Å². The number of phenolic OH excluding ortho intramolecular Hbond substituents is 2. The van der Waals surface area contributed by atoms with Crippen molar-refractivity contribution in [3.63, 3.8) is 0 Å². The smallest absolute Gasteiger partial charge is 0.229 e. The van der Waals surface area contributed by atoms with E-state index in [-0.39, 0.29) is 17.1 Å². The normalized spacial score (nSPS) is 32.9. The summed E-state index contributed by atoms with van der Waals surface area (Å²) in [4.78, 5) is 13.2. The van der Waals surface area contributed by atoms with Crippen LogP contribution in [0.25, 0.3) is 22.3 Å². The maximum atomic E-state index is 13.2. The first kappa shape index (κ1) is 30.9. The first-order valence-electron chi connectivity index (χ1n) is 13.0. The summed E-state index contributed by atoms with van der Waals surface area (Å²) in [6.45, 7) is -1.58. The van der Waals surface area contributed by atoms with Gasteiger partial charge in [-0.2, -0.15) is 0 Å². The summed E-state index contributed by atoms with van der Waals surface area (Å²) in [5.74, 6) is -2.19. The predicted molar refractivity (Wildman–Crippen MR) is 140 cm³/mol. The molecule has 3 heterocycles. The van der Waals surface area contributed by atoms with Crippen LogP contribution in [0.15, 0.2) is 45.6 Å². The topological polar surface area (TPSA) is 269 Å². The fourth-order valence-electron chi connectivity index (χ4n) is 4.80. The van der Waals surface area contributed by atoms with Crippen LogP contribution in [0.2, 0.25) is 0 Å². The molecule has 16 heteroatoms. The highest BCUT2D eigenvalue weighted by atomic mass is 16.7. The minimum atomic E-state index is -1.94. The maximum Gasteiger partial charge on any atom is 0.229 e. The molecular formula is C27H30O16. The second-order valence-electron chi connectivity index (χ2n) is 10.1. The van der Waals surface area contributed by atoms with E-state index in [1.54, 1.807) is 0 Å². The molecular weight excluding hydrogens is 580 g/mol. The molecule has 0 unspecified atom stereocenters. The van der Waals surface area contributed by atoms with Gasteiger partial charge in [-0.05, 0) is 24.3 Å². The van der Waals surface area contributed by atoms with Crippen molar-refractivity contribution >= 4 is 11.0 Å². The number of fused-ring (bicyclic) bond motifs is 1. The number of hydrogen-bond acceptors (Lipinski definition) is 16. The van der Waals surface area contributed by atoms with Gasteiger partial charge in [0, 0.05) is 17.7 Å². The van der Waals surface area contributed by atoms with Crippen LogP contribution in [0, 0.1) is 0 Å². The van der Waals surface area contributed by atoms with Crippen LogP contribution in [0.1, 0.15) is 0 Å². The molecule has 0 radical (unpaired) electrons. The predicted octanol–water partition coefficient (Wildman–Crippen LogP) is -2.77. The van der Waals surface area contributed by atoms with Crippen molar-refractivity contribution in [1.82, 2.24) is 0 Å². The van der Waals surface area contributed by atoms with E-state index in [0.29, 0.717) is 5.56 Å². The van der Waals surface area contributed by atoms with Gasteiger partial charge in [-0.15, -0.1) is 0 Å². The lowest BCUT2D eigenvalue weighted by atomic mass is 9.99. The standard InChI is InChI=1S/C27H30O16/c28-7-15-18(32)21(35)23(37)26(41-15)40-14-6-13-17(11(31)5-12(39-13)9-1-3-10(30)4-2-9)20(34)25(14)43-27-24(38)22(36)19(33)16(8-29)42-27/h1-6,15-16,18-19,21-24,26-30,32-38H,7-8H2/t15-,16-,18-,19-,21-,22-,23+,24-,26-,27+/m1/s1. The summed E-state index contributed by atoms with van der Waals surface area (Å²) in [7, 11) is 0. The van der Waals surface area contributed by atoms with Crippen molar-refractivity contribution < 1.29 is 74.4 Å². The van der Waals surface area contributed by atoms with Gasteiger partial charge in [0.25, 0.3) is 0 Å². The molecule has 2 aromatic carbocycles. The molecule has 0 amide bonds. The highest BCUT2D eigenvalue weighted by Crippen LogP contribution is 2.45. The van der Waals surface area contributed by atoms with E-state index in [9.17, 15) is 55.9 Å². The maximum absolute atomic E-state index is 13.2. The zero-order valence-corrected chi connectivity index (χ0v) is 22.1. The molecule has 43 heavy (non-hydrogen) atoms. The van der Waals surface area contributed by atoms with Gasteiger partial charge in [-0.1, -0.05) is 0 Å². The van der Waals surface area contributed by atoms with Crippen molar-refractivity contribution in [2.24, 2.45) is 0 Å². The van der Waals surface area contributed by atoms with Crippen LogP contribution in [0.4, 0.5) is 0 Å². The zero-order valence-electron chi connectivity index (χ0n) is 22.1. The van der Waals surface area contributed by atoms with Gasteiger partial charge in [0.2, 0.25) is 18.3 Å². The third kappa shape index (κ3) is 5.73. The summed E-state index contributed by atoms with van der Waals surface area (Å²) in [6.07, 6.45) is -17.5. The number of ether oxygens (including phenoxy) is 4. The number of aliphatic hydroxyl groups excluding tert-OH is 8. The van der Waals surface area contributed by atoms with Crippen molar-refractivity contribution in [3.8, 4) is 34.3 Å². The number of hydrogen-bond donors (Lipinski definition) is 10. The molecule has 0 aliphatic carbocycles. The molecule has 2 aliphatic rings. The van der Waals surface area contributed by atoms with Crippen LogP contribution in [0.3, 0.4) is 0 Å². The lowest BCUT2D eigenvalue weighted by Gasteiger charge is -2.41. The monoisotopic (exact) mass is 610 g/mol. The second-order valence-corrected chi connectivity index (χ2v) is 10.1. The van der Waals surface area contributed by atoms with Crippen LogP contribution in [0.5, 0.6) is 23.0 Å². The van der Waals surface area contributed by atoms with E-state index < -0.39 is 103 Å². The lowest BCUT2D eigenvalue weighted by Crippen LogP contribution is -2.60. The molecule has 0 spiro atoms. The minimum absolute atomic E-state index is 0.0123. The van der Waals surface area contributed by atoms with E-state index in [0.717, 1.165) is 12.1 Å². The molecule has 2 aliphatic heterocycles. The molecule has 16 nitrogen and oxygen atoms in total. The van der Waals surface area contributed by atoms with E-state index >= 15 is 0 Å². The third-order valence-corrected chi connectivity index (χ3v) is 7.24. The largest absolute Gasteiger partial charge is 0.508 e. The SMILES string of the molecule is O=c1cc(-c2ccc(O)cc2)oc2cc(O[C@@H]3O[C@H](CO)[C@@H](O)[C@@H](O)[C@@H]3O)c(O[C@@H]3O[C@H](CO)[C@@H](O)[C@@H](O)[C@H]3O)c(O)c12. The molecule has 10 N–H and O–H groups in total. The number of benzene rings is 2. The van der Waals surface area contributed by atoms with Crippen LogP contribution < -0.4 is 14.9 Å². The first-order chi connectivity index (χ1) is 20.4. The quantitative estimate of drug-likeness (QED) is 0.130. The fourth-order valence-corrected chi connectivity index (χ4v) is 4.80. The summed E-state index contributed by atoms with van der Waals surface area (Å²) in [5.41, 5.74) is -0.692. The number of phenols is 2. The fraction of sp³-hybridized carbons (Fsp3) is 0.444. The van der Waals surface area contributed by atoms with Gasteiger partial charge in [0.15, 0.2) is 16.9 Å². The Morgan fingerprint density at radius 2 is 1.23 bits per heavy atom. The summed E-state index contributed by atoms with van der Waals surface area (Å²) >= 11 is 0. The highest BCUT2D eigenvalue weighted by molar-refractivity contribution is 5.89. The lowest BCUT2D eigenvalue weighted by molar-refractivity contribution is -0.282. The van der Waals surface area contributed by atoms with Gasteiger partial charge in [0.05, 0.1) is 13.2 Å². The molecule has 3 aromatic rings. The van der Waals surface area contributed by atoms with Gasteiger partial charge in [-0.25, -0.2) is 0 Å². The van der Waals surface area contributed by atoms with Gasteiger partial charge >= 0.3 is 0 Å². The van der Waals surface area contributed by atoms with Crippen LogP contribution in [-0.4, -0.2) is 126 Å². The third-order valence-electron chi connectivity index (χ3n) is 7.24. The molecule has 0 saturated carbocycles. The minimum Gasteiger partial charge on any atom is -0.508 e. The van der Waals surface area contributed by atoms with Crippen molar-refractivity contribution in [2.75, 3.05) is 13.2 Å². The summed E-state index contributed by atoms with van der Waals surface area (Å²) < 4.78 is 27.8. The molecule has 234 valence electrons. The molecule has 2 saturated heterocycles. The number of aliphatic hydroxyl groups is 8. The molecule has 5 rings (SSSR count). The zero-order chi connectivity index (χ0) is 31.2. The molecule has 1 aromatic heterocycles. The Balaban J connectivity index is 1.62. The summed E-state index contributed by atoms with van der Waals surface area (Å²) in [5, 5.41) is 101. The van der Waals surface area contributed by atoms with Gasteiger partial charge in [0.1, 0.15) is 71.3 Å². The van der Waals surface area contributed by atoms with Crippen molar-refractivity contribution in [2.45, 2.75) is 61.4 Å². The Hall–Kier alpha value is -3.55. The average molecular weight is 611 g/mol. The van der Waals surface area contributed by atoms with E-state index in [1.165, 1.54) is 24.3 Å². The van der Waals surface area contributed by atoms with Gasteiger partial charge < -0.3 is 74.4 Å². The van der Waals surface area contributed by atoms with E-state index in [4.69, 9.17) is 23.4 Å². The number of aromatic hydroxyl groups is 2. The first-order valence-corrected chi connectivity index (χ1v) is 13.0.